The Morgan fingerprint density at radius 2 is 1.56 bits per heavy atom. The molecule has 0 spiro atoms. The lowest BCUT2D eigenvalue weighted by Gasteiger charge is -2.18. The highest BCUT2D eigenvalue weighted by Crippen LogP contribution is 2.16. The number of benzene rings is 2. The Morgan fingerprint density at radius 3 is 2.08 bits per heavy atom. The van der Waals surface area contributed by atoms with E-state index in [1.165, 1.54) is 18.2 Å². The predicted octanol–water partition coefficient (Wildman–Crippen LogP) is 3.06. The lowest BCUT2D eigenvalue weighted by atomic mass is 10.1. The second-order valence-electron chi connectivity index (χ2n) is 5.56. The zero-order valence-electron chi connectivity index (χ0n) is 14.2. The molecule has 25 heavy (non-hydrogen) atoms. The lowest BCUT2D eigenvalue weighted by Crippen LogP contribution is -2.36. The summed E-state index contributed by atoms with van der Waals surface area (Å²) in [5.41, 5.74) is 2.65. The SMILES string of the molecule is C=CCN(C(=O)C#Cc1ccc(C)cc1)S(=O)(=O)c1ccc(C)cc1. The number of aryl methyl sites for hydroxylation is 2. The molecule has 5 heteroatoms. The van der Waals surface area contributed by atoms with Crippen molar-refractivity contribution in [1.82, 2.24) is 4.31 Å². The van der Waals surface area contributed by atoms with Crippen molar-refractivity contribution in [2.45, 2.75) is 18.7 Å². The topological polar surface area (TPSA) is 54.5 Å². The molecule has 0 atom stereocenters. The van der Waals surface area contributed by atoms with Crippen molar-refractivity contribution < 1.29 is 13.2 Å². The fourth-order valence-corrected chi connectivity index (χ4v) is 3.37. The molecule has 0 fully saturated rings. The Morgan fingerprint density at radius 1 is 1.04 bits per heavy atom. The van der Waals surface area contributed by atoms with Crippen LogP contribution in [0.15, 0.2) is 66.1 Å². The summed E-state index contributed by atoms with van der Waals surface area (Å²) in [6.07, 6.45) is 1.36. The van der Waals surface area contributed by atoms with Crippen molar-refractivity contribution in [2.24, 2.45) is 0 Å². The van der Waals surface area contributed by atoms with Gasteiger partial charge in [0.25, 0.3) is 10.0 Å². The van der Waals surface area contributed by atoms with Crippen LogP contribution in [-0.4, -0.2) is 25.2 Å². The first-order valence-corrected chi connectivity index (χ1v) is 9.11. The lowest BCUT2D eigenvalue weighted by molar-refractivity contribution is -0.120. The molecule has 0 N–H and O–H groups in total. The maximum absolute atomic E-state index is 12.7. The fraction of sp³-hybridized carbons (Fsp3) is 0.150. The maximum atomic E-state index is 12.7. The van der Waals surface area contributed by atoms with E-state index >= 15 is 0 Å². The van der Waals surface area contributed by atoms with Crippen molar-refractivity contribution in [1.29, 1.82) is 0 Å². The molecule has 0 heterocycles. The van der Waals surface area contributed by atoms with Crippen molar-refractivity contribution in [3.8, 4) is 11.8 Å². The maximum Gasteiger partial charge on any atom is 0.312 e. The van der Waals surface area contributed by atoms with Crippen LogP contribution in [0, 0.1) is 25.7 Å². The molecule has 0 radical (unpaired) electrons. The second-order valence-corrected chi connectivity index (χ2v) is 7.42. The van der Waals surface area contributed by atoms with Gasteiger partial charge in [-0.05, 0) is 38.1 Å². The summed E-state index contributed by atoms with van der Waals surface area (Å²) in [4.78, 5) is 12.4. The van der Waals surface area contributed by atoms with Crippen molar-refractivity contribution >= 4 is 15.9 Å². The minimum Gasteiger partial charge on any atom is -0.258 e. The molecule has 0 saturated heterocycles. The van der Waals surface area contributed by atoms with Gasteiger partial charge in [-0.2, -0.15) is 0 Å². The highest BCUT2D eigenvalue weighted by molar-refractivity contribution is 7.89. The molecule has 1 amide bonds. The molecule has 0 aliphatic rings. The number of nitrogens with zero attached hydrogens (tertiary/aromatic N) is 1. The van der Waals surface area contributed by atoms with Gasteiger partial charge in [0.1, 0.15) is 0 Å². The average Bonchev–Trinajstić information content (AvgIpc) is 2.59. The molecular formula is C20H19NO3S. The van der Waals surface area contributed by atoms with E-state index in [1.54, 1.807) is 24.3 Å². The van der Waals surface area contributed by atoms with Crippen molar-refractivity contribution in [3.63, 3.8) is 0 Å². The number of hydrogen-bond donors (Lipinski definition) is 0. The van der Waals surface area contributed by atoms with Gasteiger partial charge in [0.15, 0.2) is 0 Å². The van der Waals surface area contributed by atoms with Gasteiger partial charge >= 0.3 is 5.91 Å². The van der Waals surface area contributed by atoms with Crippen LogP contribution in [0.5, 0.6) is 0 Å². The van der Waals surface area contributed by atoms with Crippen LogP contribution in [0.2, 0.25) is 0 Å². The van der Waals surface area contributed by atoms with E-state index in [2.05, 4.69) is 18.4 Å². The zero-order valence-corrected chi connectivity index (χ0v) is 15.0. The minimum atomic E-state index is -3.98. The minimum absolute atomic E-state index is 0.0467. The Bertz CT molecular complexity index is 931. The Balaban J connectivity index is 2.33. The van der Waals surface area contributed by atoms with Gasteiger partial charge in [-0.15, -0.1) is 6.58 Å². The fourth-order valence-electron chi connectivity index (χ4n) is 2.07. The van der Waals surface area contributed by atoms with Crippen LogP contribution in [0.3, 0.4) is 0 Å². The summed E-state index contributed by atoms with van der Waals surface area (Å²) >= 11 is 0. The molecular weight excluding hydrogens is 334 g/mol. The summed E-state index contributed by atoms with van der Waals surface area (Å²) in [5, 5.41) is 0. The van der Waals surface area contributed by atoms with E-state index in [-0.39, 0.29) is 11.4 Å². The van der Waals surface area contributed by atoms with E-state index in [4.69, 9.17) is 0 Å². The summed E-state index contributed by atoms with van der Waals surface area (Å²) in [5.74, 6) is 4.31. The smallest absolute Gasteiger partial charge is 0.258 e. The summed E-state index contributed by atoms with van der Waals surface area (Å²) in [6.45, 7) is 7.19. The van der Waals surface area contributed by atoms with Gasteiger partial charge in [-0.3, -0.25) is 4.79 Å². The Kier molecular flexibility index (Phi) is 5.79. The van der Waals surface area contributed by atoms with Gasteiger partial charge < -0.3 is 0 Å². The second kappa shape index (κ2) is 7.82. The summed E-state index contributed by atoms with van der Waals surface area (Å²) in [7, 11) is -3.98. The molecule has 0 aromatic heterocycles. The van der Waals surface area contributed by atoms with E-state index < -0.39 is 15.9 Å². The van der Waals surface area contributed by atoms with E-state index in [0.29, 0.717) is 5.56 Å². The third-order valence-electron chi connectivity index (χ3n) is 3.50. The molecule has 2 aromatic carbocycles. The molecule has 0 aliphatic heterocycles. The summed E-state index contributed by atoms with van der Waals surface area (Å²) < 4.78 is 26.2. The van der Waals surface area contributed by atoms with Crippen LogP contribution in [0.25, 0.3) is 0 Å². The van der Waals surface area contributed by atoms with Crippen LogP contribution in [0.1, 0.15) is 16.7 Å². The first kappa shape index (κ1) is 18.5. The molecule has 2 rings (SSSR count). The Hall–Kier alpha value is -2.84. The normalized spacial score (nSPS) is 10.5. The molecule has 0 saturated carbocycles. The van der Waals surface area contributed by atoms with Crippen molar-refractivity contribution in [2.75, 3.05) is 6.54 Å². The number of carbonyl (C=O) groups excluding carboxylic acids is 1. The number of sulfonamides is 1. The number of carbonyl (C=O) groups is 1. The third-order valence-corrected chi connectivity index (χ3v) is 5.26. The number of amides is 1. The van der Waals surface area contributed by atoms with Crippen LogP contribution in [-0.2, 0) is 14.8 Å². The van der Waals surface area contributed by atoms with Gasteiger partial charge in [0, 0.05) is 11.5 Å². The first-order chi connectivity index (χ1) is 11.8. The molecule has 4 nitrogen and oxygen atoms in total. The van der Waals surface area contributed by atoms with E-state index in [0.717, 1.165) is 15.4 Å². The molecule has 128 valence electrons. The highest BCUT2D eigenvalue weighted by atomic mass is 32.2. The first-order valence-electron chi connectivity index (χ1n) is 7.67. The standard InChI is InChI=1S/C20H19NO3S/c1-4-15-21(25(23,24)19-12-7-17(3)8-13-19)20(22)14-11-18-9-5-16(2)6-10-18/h4-10,12-13H,1,15H2,2-3H3. The monoisotopic (exact) mass is 353 g/mol. The third kappa shape index (κ3) is 4.59. The average molecular weight is 353 g/mol. The van der Waals surface area contributed by atoms with Gasteiger partial charge in [0.2, 0.25) is 0 Å². The van der Waals surface area contributed by atoms with E-state index in [9.17, 15) is 13.2 Å². The van der Waals surface area contributed by atoms with Crippen LogP contribution >= 0.6 is 0 Å². The molecule has 0 unspecified atom stereocenters. The summed E-state index contributed by atoms with van der Waals surface area (Å²) in [6, 6.07) is 13.6. The predicted molar refractivity (Wildman–Crippen MR) is 98.3 cm³/mol. The van der Waals surface area contributed by atoms with E-state index in [1.807, 2.05) is 26.0 Å². The van der Waals surface area contributed by atoms with Crippen molar-refractivity contribution in [3.05, 3.63) is 77.9 Å². The van der Waals surface area contributed by atoms with Crippen LogP contribution in [0.4, 0.5) is 0 Å². The zero-order chi connectivity index (χ0) is 18.4. The van der Waals surface area contributed by atoms with Crippen LogP contribution < -0.4 is 0 Å². The molecule has 2 aromatic rings. The van der Waals surface area contributed by atoms with Gasteiger partial charge in [0.05, 0.1) is 11.4 Å². The molecule has 0 bridgehead atoms. The van der Waals surface area contributed by atoms with Gasteiger partial charge in [-0.1, -0.05) is 47.4 Å². The number of rotatable bonds is 4. The van der Waals surface area contributed by atoms with Gasteiger partial charge in [-0.25, -0.2) is 12.7 Å². The highest BCUT2D eigenvalue weighted by Gasteiger charge is 2.27. The number of hydrogen-bond acceptors (Lipinski definition) is 3. The largest absolute Gasteiger partial charge is 0.312 e. The Labute approximate surface area is 148 Å². The quantitative estimate of drug-likeness (QED) is 0.627. The molecule has 0 aliphatic carbocycles.